The maximum absolute atomic E-state index is 13.1. The molecule has 1 amide bonds. The van der Waals surface area contributed by atoms with E-state index in [-0.39, 0.29) is 23.4 Å². The number of amides is 1. The van der Waals surface area contributed by atoms with Crippen molar-refractivity contribution in [3.63, 3.8) is 0 Å². The summed E-state index contributed by atoms with van der Waals surface area (Å²) in [5.41, 5.74) is 1.98. The zero-order valence-corrected chi connectivity index (χ0v) is 19.1. The van der Waals surface area contributed by atoms with Crippen LogP contribution in [0.25, 0.3) is 0 Å². The van der Waals surface area contributed by atoms with Crippen LogP contribution in [-0.2, 0) is 11.2 Å². The predicted molar refractivity (Wildman–Crippen MR) is 126 cm³/mol. The maximum atomic E-state index is 13.1. The van der Waals surface area contributed by atoms with Gasteiger partial charge in [0.15, 0.2) is 0 Å². The molecular weight excluding hydrogens is 438 g/mol. The molecule has 1 spiro atoms. The predicted octanol–water partition coefficient (Wildman–Crippen LogP) is 5.18. The lowest BCUT2D eigenvalue weighted by Gasteiger charge is -2.38. The van der Waals surface area contributed by atoms with Crippen LogP contribution in [0.4, 0.5) is 0 Å². The van der Waals surface area contributed by atoms with Gasteiger partial charge in [0.1, 0.15) is 5.75 Å². The fourth-order valence-electron chi connectivity index (χ4n) is 4.80. The zero-order chi connectivity index (χ0) is 22.7. The SMILES string of the molecule is O=C(c1cccc(Oc2ncccn2)c1)N1CCC2(CC1)CO[C@@H](Cc1cccc(Cl)c1)C2. The second kappa shape index (κ2) is 9.49. The molecule has 3 aromatic rings. The first-order valence-corrected chi connectivity index (χ1v) is 11.7. The molecule has 0 bridgehead atoms. The average molecular weight is 464 g/mol. The van der Waals surface area contributed by atoms with E-state index in [4.69, 9.17) is 21.1 Å². The Morgan fingerprint density at radius 1 is 1.09 bits per heavy atom. The summed E-state index contributed by atoms with van der Waals surface area (Å²) >= 11 is 6.13. The van der Waals surface area contributed by atoms with Gasteiger partial charge in [-0.15, -0.1) is 0 Å². The smallest absolute Gasteiger partial charge is 0.321 e. The number of aromatic nitrogens is 2. The number of ether oxygens (including phenoxy) is 2. The van der Waals surface area contributed by atoms with Gasteiger partial charge in [0, 0.05) is 36.1 Å². The first-order chi connectivity index (χ1) is 16.1. The molecule has 2 fully saturated rings. The van der Waals surface area contributed by atoms with Gasteiger partial charge >= 0.3 is 6.01 Å². The standard InChI is InChI=1S/C26H26ClN3O3/c27-21-6-1-4-19(14-21)15-23-17-26(18-32-23)8-12-30(13-9-26)24(31)20-5-2-7-22(16-20)33-25-28-10-3-11-29-25/h1-7,10-11,14,16,23H,8-9,12-13,15,17-18H2/t23-/m0/s1. The number of rotatable bonds is 5. The molecule has 1 aromatic heterocycles. The number of halogens is 1. The molecule has 6 nitrogen and oxygen atoms in total. The minimum absolute atomic E-state index is 0.0265. The third-order valence-corrected chi connectivity index (χ3v) is 6.82. The van der Waals surface area contributed by atoms with Gasteiger partial charge < -0.3 is 14.4 Å². The Balaban J connectivity index is 1.17. The lowest BCUT2D eigenvalue weighted by atomic mass is 9.76. The number of likely N-dealkylation sites (tertiary alicyclic amines) is 1. The first kappa shape index (κ1) is 21.9. The van der Waals surface area contributed by atoms with Gasteiger partial charge in [0.2, 0.25) is 0 Å². The van der Waals surface area contributed by atoms with Crippen molar-refractivity contribution in [2.45, 2.75) is 31.8 Å². The van der Waals surface area contributed by atoms with Crippen molar-refractivity contribution >= 4 is 17.5 Å². The van der Waals surface area contributed by atoms with Crippen molar-refractivity contribution in [1.29, 1.82) is 0 Å². The molecule has 5 rings (SSSR count). The molecule has 1 atom stereocenters. The Bertz CT molecular complexity index is 1120. The minimum Gasteiger partial charge on any atom is -0.424 e. The van der Waals surface area contributed by atoms with E-state index in [1.165, 1.54) is 5.56 Å². The van der Waals surface area contributed by atoms with Crippen molar-refractivity contribution in [2.75, 3.05) is 19.7 Å². The minimum atomic E-state index is 0.0265. The van der Waals surface area contributed by atoms with Crippen molar-refractivity contribution in [3.8, 4) is 11.8 Å². The van der Waals surface area contributed by atoms with Crippen molar-refractivity contribution in [1.82, 2.24) is 14.9 Å². The molecule has 0 saturated carbocycles. The third kappa shape index (κ3) is 5.18. The monoisotopic (exact) mass is 463 g/mol. The van der Waals surface area contributed by atoms with Crippen LogP contribution in [0.15, 0.2) is 67.0 Å². The molecule has 0 radical (unpaired) electrons. The molecule has 2 aliphatic rings. The summed E-state index contributed by atoms with van der Waals surface area (Å²) in [5, 5.41) is 0.762. The van der Waals surface area contributed by atoms with E-state index in [0.29, 0.717) is 11.3 Å². The van der Waals surface area contributed by atoms with E-state index in [0.717, 1.165) is 50.4 Å². The van der Waals surface area contributed by atoms with Gasteiger partial charge in [-0.3, -0.25) is 4.79 Å². The van der Waals surface area contributed by atoms with E-state index >= 15 is 0 Å². The highest BCUT2D eigenvalue weighted by molar-refractivity contribution is 6.30. The molecule has 2 aliphatic heterocycles. The molecular formula is C26H26ClN3O3. The molecule has 170 valence electrons. The summed E-state index contributed by atoms with van der Waals surface area (Å²) in [6, 6.07) is 17.2. The Labute approximate surface area is 198 Å². The number of carbonyl (C=O) groups excluding carboxylic acids is 1. The first-order valence-electron chi connectivity index (χ1n) is 11.3. The van der Waals surface area contributed by atoms with E-state index in [2.05, 4.69) is 16.0 Å². The van der Waals surface area contributed by atoms with Crippen molar-refractivity contribution < 1.29 is 14.3 Å². The quantitative estimate of drug-likeness (QED) is 0.522. The second-order valence-electron chi connectivity index (χ2n) is 8.92. The van der Waals surface area contributed by atoms with Gasteiger partial charge in [-0.05, 0) is 73.1 Å². The molecule has 7 heteroatoms. The highest BCUT2D eigenvalue weighted by Gasteiger charge is 2.43. The highest BCUT2D eigenvalue weighted by atomic mass is 35.5. The van der Waals surface area contributed by atoms with Crippen LogP contribution < -0.4 is 4.74 Å². The molecule has 0 unspecified atom stereocenters. The van der Waals surface area contributed by atoms with Crippen LogP contribution in [-0.4, -0.2) is 46.6 Å². The van der Waals surface area contributed by atoms with E-state index in [9.17, 15) is 4.79 Å². The summed E-state index contributed by atoms with van der Waals surface area (Å²) in [6.45, 7) is 2.23. The topological polar surface area (TPSA) is 64.5 Å². The van der Waals surface area contributed by atoms with Crippen LogP contribution in [0.5, 0.6) is 11.8 Å². The Morgan fingerprint density at radius 2 is 1.88 bits per heavy atom. The Morgan fingerprint density at radius 3 is 2.67 bits per heavy atom. The average Bonchev–Trinajstić information content (AvgIpc) is 3.21. The fraction of sp³-hybridized carbons (Fsp3) is 0.346. The van der Waals surface area contributed by atoms with Gasteiger partial charge in [0.05, 0.1) is 12.7 Å². The normalized spacial score (nSPS) is 19.5. The molecule has 0 N–H and O–H groups in total. The van der Waals surface area contributed by atoms with Crippen LogP contribution in [0.1, 0.15) is 35.2 Å². The number of benzene rings is 2. The van der Waals surface area contributed by atoms with Gasteiger partial charge in [-0.2, -0.15) is 0 Å². The van der Waals surface area contributed by atoms with E-state index < -0.39 is 0 Å². The van der Waals surface area contributed by atoms with Crippen LogP contribution >= 0.6 is 11.6 Å². The number of piperidine rings is 1. The summed E-state index contributed by atoms with van der Waals surface area (Å²) in [4.78, 5) is 23.2. The van der Waals surface area contributed by atoms with Crippen LogP contribution in [0.3, 0.4) is 0 Å². The highest BCUT2D eigenvalue weighted by Crippen LogP contribution is 2.43. The third-order valence-electron chi connectivity index (χ3n) is 6.58. The largest absolute Gasteiger partial charge is 0.424 e. The maximum Gasteiger partial charge on any atom is 0.321 e. The second-order valence-corrected chi connectivity index (χ2v) is 9.36. The summed E-state index contributed by atoms with van der Waals surface area (Å²) in [5.74, 6) is 0.576. The molecule has 3 heterocycles. The fourth-order valence-corrected chi connectivity index (χ4v) is 5.02. The van der Waals surface area contributed by atoms with E-state index in [1.54, 1.807) is 30.6 Å². The summed E-state index contributed by atoms with van der Waals surface area (Å²) in [6.07, 6.45) is 7.27. The summed E-state index contributed by atoms with van der Waals surface area (Å²) in [7, 11) is 0. The Hall–Kier alpha value is -2.96. The zero-order valence-electron chi connectivity index (χ0n) is 18.3. The number of hydrogen-bond acceptors (Lipinski definition) is 5. The van der Waals surface area contributed by atoms with Gasteiger partial charge in [-0.25, -0.2) is 9.97 Å². The lowest BCUT2D eigenvalue weighted by molar-refractivity contribution is 0.0496. The van der Waals surface area contributed by atoms with Crippen LogP contribution in [0, 0.1) is 5.41 Å². The van der Waals surface area contributed by atoms with Gasteiger partial charge in [-0.1, -0.05) is 29.8 Å². The lowest BCUT2D eigenvalue weighted by Crippen LogP contribution is -2.43. The van der Waals surface area contributed by atoms with Crippen molar-refractivity contribution in [3.05, 3.63) is 83.1 Å². The summed E-state index contributed by atoms with van der Waals surface area (Å²) < 4.78 is 11.9. The molecule has 0 aliphatic carbocycles. The van der Waals surface area contributed by atoms with Gasteiger partial charge in [0.25, 0.3) is 5.91 Å². The van der Waals surface area contributed by atoms with Crippen molar-refractivity contribution in [2.24, 2.45) is 5.41 Å². The number of nitrogens with zero attached hydrogens (tertiary/aromatic N) is 3. The number of carbonyl (C=O) groups is 1. The molecule has 33 heavy (non-hydrogen) atoms. The van der Waals surface area contributed by atoms with Crippen LogP contribution in [0.2, 0.25) is 5.02 Å². The molecule has 2 saturated heterocycles. The van der Waals surface area contributed by atoms with E-state index in [1.807, 2.05) is 35.2 Å². The number of hydrogen-bond donors (Lipinski definition) is 0. The Kier molecular flexibility index (Phi) is 6.29. The molecule has 2 aromatic carbocycles.